The summed E-state index contributed by atoms with van der Waals surface area (Å²) in [5, 5.41) is 9.07. The Bertz CT molecular complexity index is 65.4. The van der Waals surface area contributed by atoms with Gasteiger partial charge in [0, 0.05) is 5.54 Å². The number of nitrogens with two attached hydrogens (primary N) is 1. The van der Waals surface area contributed by atoms with Gasteiger partial charge in [0.05, 0.1) is 6.10 Å². The first-order valence-electron chi connectivity index (χ1n) is 2.95. The largest absolute Gasteiger partial charge is 0.391 e. The second-order valence-electron chi connectivity index (χ2n) is 2.75. The van der Waals surface area contributed by atoms with Crippen LogP contribution >= 0.6 is 0 Å². The van der Waals surface area contributed by atoms with Crippen molar-refractivity contribution in [2.75, 3.05) is 0 Å². The molecule has 0 rings (SSSR count). The van der Waals surface area contributed by atoms with Crippen molar-refractivity contribution < 1.29 is 5.11 Å². The van der Waals surface area contributed by atoms with Gasteiger partial charge in [-0.2, -0.15) is 0 Å². The molecular formula is C6H15NO. The summed E-state index contributed by atoms with van der Waals surface area (Å²) >= 11 is 0. The summed E-state index contributed by atoms with van der Waals surface area (Å²) in [6.07, 6.45) is 0.353. The van der Waals surface area contributed by atoms with Gasteiger partial charge < -0.3 is 10.8 Å². The zero-order valence-corrected chi connectivity index (χ0v) is 5.81. The van der Waals surface area contributed by atoms with E-state index in [0.29, 0.717) is 0 Å². The fraction of sp³-hybridized carbons (Fsp3) is 1.00. The summed E-state index contributed by atoms with van der Waals surface area (Å²) < 4.78 is 0. The lowest BCUT2D eigenvalue weighted by Crippen LogP contribution is -2.44. The highest BCUT2D eigenvalue weighted by atomic mass is 16.3. The second-order valence-corrected chi connectivity index (χ2v) is 2.75. The smallest absolute Gasteiger partial charge is 0.0711 e. The average molecular weight is 117 g/mol. The third-order valence-corrected chi connectivity index (χ3v) is 1.25. The molecule has 0 radical (unpaired) electrons. The summed E-state index contributed by atoms with van der Waals surface area (Å²) in [5.41, 5.74) is 5.10. The van der Waals surface area contributed by atoms with Crippen molar-refractivity contribution in [2.45, 2.75) is 38.8 Å². The van der Waals surface area contributed by atoms with Crippen LogP contribution in [-0.2, 0) is 0 Å². The van der Waals surface area contributed by atoms with Crippen LogP contribution in [0.5, 0.6) is 0 Å². The molecule has 8 heavy (non-hydrogen) atoms. The SMILES string of the molecule is CC[C@H](O)C(C)(C)N. The molecule has 0 amide bonds. The molecule has 0 unspecified atom stereocenters. The van der Waals surface area contributed by atoms with Crippen molar-refractivity contribution in [1.29, 1.82) is 0 Å². The van der Waals surface area contributed by atoms with Gasteiger partial charge in [-0.05, 0) is 20.3 Å². The molecule has 0 aliphatic carbocycles. The Kier molecular flexibility index (Phi) is 2.44. The molecule has 0 saturated heterocycles. The molecule has 2 nitrogen and oxygen atoms in total. The minimum atomic E-state index is -0.436. The van der Waals surface area contributed by atoms with Gasteiger partial charge >= 0.3 is 0 Å². The molecule has 0 aliphatic rings. The summed E-state index contributed by atoms with van der Waals surface area (Å²) in [7, 11) is 0. The molecule has 0 spiro atoms. The highest BCUT2D eigenvalue weighted by Crippen LogP contribution is 2.06. The van der Waals surface area contributed by atoms with E-state index in [1.807, 2.05) is 20.8 Å². The zero-order valence-electron chi connectivity index (χ0n) is 5.81. The van der Waals surface area contributed by atoms with Gasteiger partial charge in [0.2, 0.25) is 0 Å². The summed E-state index contributed by atoms with van der Waals surface area (Å²) in [4.78, 5) is 0. The van der Waals surface area contributed by atoms with Crippen molar-refractivity contribution in [3.63, 3.8) is 0 Å². The summed E-state index contributed by atoms with van der Waals surface area (Å²) in [5.74, 6) is 0. The Labute approximate surface area is 50.7 Å². The standard InChI is InChI=1S/C6H15NO/c1-4-5(8)6(2,3)7/h5,8H,4,7H2,1-3H3/t5-/m0/s1. The molecule has 0 aliphatic heterocycles. The fourth-order valence-electron chi connectivity index (χ4n) is 0.526. The minimum Gasteiger partial charge on any atom is -0.391 e. The van der Waals surface area contributed by atoms with Crippen LogP contribution in [0.1, 0.15) is 27.2 Å². The van der Waals surface area contributed by atoms with Gasteiger partial charge in [-0.1, -0.05) is 6.92 Å². The molecule has 0 fully saturated rings. The molecule has 0 aromatic carbocycles. The Hall–Kier alpha value is -0.0800. The van der Waals surface area contributed by atoms with Crippen molar-refractivity contribution in [3.05, 3.63) is 0 Å². The van der Waals surface area contributed by atoms with E-state index in [1.54, 1.807) is 0 Å². The molecule has 0 heterocycles. The Morgan fingerprint density at radius 1 is 1.62 bits per heavy atom. The summed E-state index contributed by atoms with van der Waals surface area (Å²) in [6, 6.07) is 0. The maximum Gasteiger partial charge on any atom is 0.0711 e. The van der Waals surface area contributed by atoms with E-state index < -0.39 is 5.54 Å². The van der Waals surface area contributed by atoms with E-state index in [9.17, 15) is 0 Å². The first kappa shape index (κ1) is 7.92. The molecule has 3 N–H and O–H groups in total. The molecule has 0 bridgehead atoms. The van der Waals surface area contributed by atoms with Crippen LogP contribution in [0.15, 0.2) is 0 Å². The maximum atomic E-state index is 9.07. The van der Waals surface area contributed by atoms with Crippen LogP contribution < -0.4 is 5.73 Å². The highest BCUT2D eigenvalue weighted by Gasteiger charge is 2.19. The number of hydrogen-bond acceptors (Lipinski definition) is 2. The Morgan fingerprint density at radius 2 is 2.00 bits per heavy atom. The lowest BCUT2D eigenvalue weighted by Gasteiger charge is -2.24. The predicted molar refractivity (Wildman–Crippen MR) is 34.6 cm³/mol. The van der Waals surface area contributed by atoms with Crippen molar-refractivity contribution >= 4 is 0 Å². The van der Waals surface area contributed by atoms with Gasteiger partial charge in [-0.25, -0.2) is 0 Å². The lowest BCUT2D eigenvalue weighted by atomic mass is 9.97. The topological polar surface area (TPSA) is 46.2 Å². The van der Waals surface area contributed by atoms with E-state index in [0.717, 1.165) is 6.42 Å². The average Bonchev–Trinajstić information content (AvgIpc) is 1.62. The van der Waals surface area contributed by atoms with E-state index in [2.05, 4.69) is 0 Å². The van der Waals surface area contributed by atoms with Crippen LogP contribution in [0, 0.1) is 0 Å². The lowest BCUT2D eigenvalue weighted by molar-refractivity contribution is 0.100. The van der Waals surface area contributed by atoms with Gasteiger partial charge in [0.25, 0.3) is 0 Å². The molecule has 0 saturated carbocycles. The van der Waals surface area contributed by atoms with Crippen LogP contribution in [0.4, 0.5) is 0 Å². The van der Waals surface area contributed by atoms with Crippen LogP contribution in [-0.4, -0.2) is 16.7 Å². The molecule has 0 aromatic rings. The van der Waals surface area contributed by atoms with Crippen molar-refractivity contribution in [2.24, 2.45) is 5.73 Å². The molecule has 50 valence electrons. The van der Waals surface area contributed by atoms with Crippen LogP contribution in [0.3, 0.4) is 0 Å². The van der Waals surface area contributed by atoms with Crippen molar-refractivity contribution in [1.82, 2.24) is 0 Å². The first-order chi connectivity index (χ1) is 3.48. The number of hydrogen-bond donors (Lipinski definition) is 2. The number of aliphatic hydroxyl groups excluding tert-OH is 1. The van der Waals surface area contributed by atoms with E-state index in [4.69, 9.17) is 10.8 Å². The van der Waals surface area contributed by atoms with Crippen molar-refractivity contribution in [3.8, 4) is 0 Å². The maximum absolute atomic E-state index is 9.07. The fourth-order valence-corrected chi connectivity index (χ4v) is 0.526. The normalized spacial score (nSPS) is 16.1. The van der Waals surface area contributed by atoms with E-state index >= 15 is 0 Å². The number of rotatable bonds is 2. The van der Waals surface area contributed by atoms with Gasteiger partial charge in [0.15, 0.2) is 0 Å². The van der Waals surface area contributed by atoms with Gasteiger partial charge in [0.1, 0.15) is 0 Å². The predicted octanol–water partition coefficient (Wildman–Crippen LogP) is 0.495. The Morgan fingerprint density at radius 3 is 2.00 bits per heavy atom. The minimum absolute atomic E-state index is 0.373. The van der Waals surface area contributed by atoms with Crippen LogP contribution in [0.25, 0.3) is 0 Å². The van der Waals surface area contributed by atoms with Gasteiger partial charge in [-0.3, -0.25) is 0 Å². The third-order valence-electron chi connectivity index (χ3n) is 1.25. The van der Waals surface area contributed by atoms with E-state index in [-0.39, 0.29) is 6.10 Å². The monoisotopic (exact) mass is 117 g/mol. The summed E-state index contributed by atoms with van der Waals surface area (Å²) in [6.45, 7) is 5.56. The quantitative estimate of drug-likeness (QED) is 0.553. The second kappa shape index (κ2) is 2.46. The molecular weight excluding hydrogens is 102 g/mol. The molecule has 2 heteroatoms. The van der Waals surface area contributed by atoms with E-state index in [1.165, 1.54) is 0 Å². The number of aliphatic hydroxyl groups is 1. The highest BCUT2D eigenvalue weighted by molar-refractivity contribution is 4.79. The zero-order chi connectivity index (χ0) is 6.78. The van der Waals surface area contributed by atoms with Gasteiger partial charge in [-0.15, -0.1) is 0 Å². The first-order valence-corrected chi connectivity index (χ1v) is 2.95. The molecule has 0 aromatic heterocycles. The Balaban J connectivity index is 3.62. The molecule has 1 atom stereocenters. The van der Waals surface area contributed by atoms with Crippen LogP contribution in [0.2, 0.25) is 0 Å². The third kappa shape index (κ3) is 2.28.